The highest BCUT2D eigenvalue weighted by Gasteiger charge is 2.56. The zero-order valence-corrected chi connectivity index (χ0v) is 11.1. The minimum absolute atomic E-state index is 0.621. The lowest BCUT2D eigenvalue weighted by Gasteiger charge is -2.33. The number of fused-ring (bicyclic) bond motifs is 5. The number of rotatable bonds is 5. The molecule has 102 valence electrons. The van der Waals surface area contributed by atoms with Crippen LogP contribution in [0.4, 0.5) is 0 Å². The number of aliphatic imine (C=N–C) groups is 2. The Bertz CT molecular complexity index is 437. The van der Waals surface area contributed by atoms with Gasteiger partial charge in [-0.2, -0.15) is 0 Å². The van der Waals surface area contributed by atoms with Crippen LogP contribution in [0.25, 0.3) is 0 Å². The van der Waals surface area contributed by atoms with Crippen LogP contribution in [0.5, 0.6) is 0 Å². The van der Waals surface area contributed by atoms with Crippen LogP contribution >= 0.6 is 0 Å². The van der Waals surface area contributed by atoms with Gasteiger partial charge in [0.15, 0.2) is 0 Å². The van der Waals surface area contributed by atoms with Crippen LogP contribution in [-0.2, 0) is 9.59 Å². The molecule has 4 nitrogen and oxygen atoms in total. The second-order valence-electron chi connectivity index (χ2n) is 6.43. The fourth-order valence-corrected chi connectivity index (χ4v) is 5.39. The van der Waals surface area contributed by atoms with E-state index in [1.807, 2.05) is 0 Å². The monoisotopic (exact) mass is 260 g/mol. The van der Waals surface area contributed by atoms with Crippen molar-refractivity contribution in [1.29, 1.82) is 0 Å². The normalized spacial score (nSPS) is 42.5. The van der Waals surface area contributed by atoms with E-state index in [4.69, 9.17) is 0 Å². The van der Waals surface area contributed by atoms with Gasteiger partial charge < -0.3 is 0 Å². The molecule has 19 heavy (non-hydrogen) atoms. The highest BCUT2D eigenvalue weighted by molar-refractivity contribution is 5.33. The van der Waals surface area contributed by atoms with E-state index < -0.39 is 0 Å². The molecule has 3 saturated carbocycles. The maximum Gasteiger partial charge on any atom is 0.234 e. The lowest BCUT2D eigenvalue weighted by Crippen LogP contribution is -2.28. The third-order valence-corrected chi connectivity index (χ3v) is 5.86. The Morgan fingerprint density at radius 2 is 1.79 bits per heavy atom. The molecule has 0 radical (unpaired) electrons. The lowest BCUT2D eigenvalue weighted by molar-refractivity contribution is 0.158. The van der Waals surface area contributed by atoms with Crippen molar-refractivity contribution in [3.8, 4) is 0 Å². The van der Waals surface area contributed by atoms with E-state index in [2.05, 4.69) is 9.98 Å². The molecule has 2 bridgehead atoms. The quantitative estimate of drug-likeness (QED) is 0.562. The summed E-state index contributed by atoms with van der Waals surface area (Å²) in [6, 6.07) is 0. The zero-order valence-electron chi connectivity index (χ0n) is 11.1. The molecule has 0 aliphatic heterocycles. The summed E-state index contributed by atoms with van der Waals surface area (Å²) in [6.07, 6.45) is 9.56. The summed E-state index contributed by atoms with van der Waals surface area (Å²) in [5.74, 6) is 4.69. The molecule has 0 aromatic heterocycles. The van der Waals surface area contributed by atoms with Crippen LogP contribution in [0.2, 0.25) is 0 Å². The molecule has 6 unspecified atom stereocenters. The molecular formula is C15H20N2O2. The highest BCUT2D eigenvalue weighted by Crippen LogP contribution is 2.63. The van der Waals surface area contributed by atoms with E-state index in [1.54, 1.807) is 12.2 Å². The van der Waals surface area contributed by atoms with Crippen LogP contribution in [0.15, 0.2) is 9.98 Å². The van der Waals surface area contributed by atoms with Crippen molar-refractivity contribution in [2.45, 2.75) is 32.1 Å². The average molecular weight is 260 g/mol. The summed E-state index contributed by atoms with van der Waals surface area (Å²) in [4.78, 5) is 27.9. The van der Waals surface area contributed by atoms with E-state index in [1.165, 1.54) is 25.7 Å². The number of hydrogen-bond acceptors (Lipinski definition) is 4. The summed E-state index contributed by atoms with van der Waals surface area (Å²) in [6.45, 7) is 1.33. The van der Waals surface area contributed by atoms with Gasteiger partial charge in [0, 0.05) is 0 Å². The number of hydrogen-bond donors (Lipinski definition) is 0. The predicted molar refractivity (Wildman–Crippen MR) is 70.0 cm³/mol. The minimum atomic E-state index is 0.621. The van der Waals surface area contributed by atoms with Crippen LogP contribution in [0.1, 0.15) is 32.1 Å². The number of nitrogens with zero attached hydrogens (tertiary/aromatic N) is 2. The second kappa shape index (κ2) is 5.40. The first-order valence-electron chi connectivity index (χ1n) is 7.42. The number of carbonyl (C=O) groups excluding carboxylic acids is 2. The van der Waals surface area contributed by atoms with Gasteiger partial charge in [-0.1, -0.05) is 0 Å². The Morgan fingerprint density at radius 3 is 2.58 bits per heavy atom. The molecular weight excluding hydrogens is 240 g/mol. The topological polar surface area (TPSA) is 58.9 Å². The Hall–Kier alpha value is -1.24. The van der Waals surface area contributed by atoms with E-state index in [9.17, 15) is 9.59 Å². The molecule has 0 saturated heterocycles. The van der Waals surface area contributed by atoms with Gasteiger partial charge in [0.25, 0.3) is 0 Å². The van der Waals surface area contributed by atoms with Gasteiger partial charge in [-0.05, 0) is 67.6 Å². The molecule has 0 aromatic rings. The second-order valence-corrected chi connectivity index (χ2v) is 6.43. The smallest absolute Gasteiger partial charge is 0.211 e. The molecule has 3 fully saturated rings. The molecule has 0 spiro atoms. The van der Waals surface area contributed by atoms with Gasteiger partial charge in [-0.15, -0.1) is 0 Å². The largest absolute Gasteiger partial charge is 0.234 e. The van der Waals surface area contributed by atoms with Crippen molar-refractivity contribution in [3.63, 3.8) is 0 Å². The number of isocyanates is 2. The van der Waals surface area contributed by atoms with E-state index in [0.717, 1.165) is 36.0 Å². The van der Waals surface area contributed by atoms with Crippen LogP contribution in [0.3, 0.4) is 0 Å². The standard InChI is InChI=1S/C15H20N2O2/c18-8-16-4-3-10-5-12-6-14(10)13-2-1-11(15(12)13)7-17-9-19/h10-15H,1-7H2. The zero-order chi connectivity index (χ0) is 13.2. The van der Waals surface area contributed by atoms with Crippen molar-refractivity contribution >= 4 is 12.2 Å². The Kier molecular flexibility index (Phi) is 3.63. The fourth-order valence-electron chi connectivity index (χ4n) is 5.39. The SMILES string of the molecule is O=C=NCCC1CC2CC1C1CCC(CN=C=O)C21. The van der Waals surface area contributed by atoms with Crippen molar-refractivity contribution in [2.24, 2.45) is 45.5 Å². The first-order valence-corrected chi connectivity index (χ1v) is 7.42. The van der Waals surface area contributed by atoms with E-state index in [-0.39, 0.29) is 0 Å². The molecule has 0 aromatic carbocycles. The van der Waals surface area contributed by atoms with Gasteiger partial charge in [-0.25, -0.2) is 19.6 Å². The Labute approximate surface area is 113 Å². The molecule has 3 aliphatic rings. The van der Waals surface area contributed by atoms with Crippen LogP contribution in [-0.4, -0.2) is 25.2 Å². The van der Waals surface area contributed by atoms with Gasteiger partial charge in [0.1, 0.15) is 0 Å². The summed E-state index contributed by atoms with van der Waals surface area (Å²) in [7, 11) is 0. The summed E-state index contributed by atoms with van der Waals surface area (Å²) < 4.78 is 0. The van der Waals surface area contributed by atoms with Crippen LogP contribution < -0.4 is 0 Å². The maximum atomic E-state index is 10.3. The highest BCUT2D eigenvalue weighted by atomic mass is 16.1. The van der Waals surface area contributed by atoms with Gasteiger partial charge >= 0.3 is 0 Å². The van der Waals surface area contributed by atoms with Crippen molar-refractivity contribution in [3.05, 3.63) is 0 Å². The first kappa shape index (κ1) is 12.8. The molecule has 4 heteroatoms. The van der Waals surface area contributed by atoms with Gasteiger partial charge in [0.2, 0.25) is 12.2 Å². The fraction of sp³-hybridized carbons (Fsp3) is 0.867. The molecule has 3 rings (SSSR count). The molecule has 3 aliphatic carbocycles. The predicted octanol–water partition coefficient (Wildman–Crippen LogP) is 2.35. The third kappa shape index (κ3) is 2.20. The Balaban J connectivity index is 1.62. The Morgan fingerprint density at radius 1 is 0.947 bits per heavy atom. The lowest BCUT2D eigenvalue weighted by atomic mass is 9.72. The summed E-state index contributed by atoms with van der Waals surface area (Å²) in [5, 5.41) is 0. The van der Waals surface area contributed by atoms with Gasteiger partial charge in [-0.3, -0.25) is 0 Å². The first-order chi connectivity index (χ1) is 9.35. The van der Waals surface area contributed by atoms with Crippen molar-refractivity contribution < 1.29 is 9.59 Å². The third-order valence-electron chi connectivity index (χ3n) is 5.86. The van der Waals surface area contributed by atoms with Gasteiger partial charge in [0.05, 0.1) is 13.1 Å². The molecule has 0 heterocycles. The van der Waals surface area contributed by atoms with Crippen LogP contribution in [0, 0.1) is 35.5 Å². The average Bonchev–Trinajstić information content (AvgIpc) is 3.08. The van der Waals surface area contributed by atoms with E-state index >= 15 is 0 Å². The molecule has 0 N–H and O–H groups in total. The minimum Gasteiger partial charge on any atom is -0.211 e. The van der Waals surface area contributed by atoms with Crippen molar-refractivity contribution in [2.75, 3.05) is 13.1 Å². The van der Waals surface area contributed by atoms with Crippen molar-refractivity contribution in [1.82, 2.24) is 0 Å². The molecule has 6 atom stereocenters. The van der Waals surface area contributed by atoms with E-state index in [0.29, 0.717) is 19.0 Å². The summed E-state index contributed by atoms with van der Waals surface area (Å²) >= 11 is 0. The molecule has 0 amide bonds. The summed E-state index contributed by atoms with van der Waals surface area (Å²) in [5.41, 5.74) is 0. The maximum absolute atomic E-state index is 10.3.